The fourth-order valence-electron chi connectivity index (χ4n) is 3.23. The molecule has 21 heavy (non-hydrogen) atoms. The Kier molecular flexibility index (Phi) is 7.04. The van der Waals surface area contributed by atoms with Crippen molar-refractivity contribution in [3.8, 4) is 5.75 Å². The van der Waals surface area contributed by atoms with Gasteiger partial charge in [0, 0.05) is 19.1 Å². The Morgan fingerprint density at radius 3 is 2.48 bits per heavy atom. The maximum atomic E-state index is 5.90. The van der Waals surface area contributed by atoms with Crippen molar-refractivity contribution in [3.05, 3.63) is 29.8 Å². The van der Waals surface area contributed by atoms with Gasteiger partial charge in [0.15, 0.2) is 0 Å². The van der Waals surface area contributed by atoms with Crippen LogP contribution >= 0.6 is 0 Å². The Labute approximate surface area is 129 Å². The van der Waals surface area contributed by atoms with E-state index in [2.05, 4.69) is 41.4 Å². The lowest BCUT2D eigenvalue weighted by molar-refractivity contribution is 0.137. The zero-order valence-electron chi connectivity index (χ0n) is 13.6. The summed E-state index contributed by atoms with van der Waals surface area (Å²) in [7, 11) is 1.97. The van der Waals surface area contributed by atoms with E-state index in [9.17, 15) is 0 Å². The van der Waals surface area contributed by atoms with E-state index in [0.717, 1.165) is 38.0 Å². The topological polar surface area (TPSA) is 24.5 Å². The van der Waals surface area contributed by atoms with Gasteiger partial charge in [-0.3, -0.25) is 4.90 Å². The number of hydrogen-bond acceptors (Lipinski definition) is 3. The highest BCUT2D eigenvalue weighted by molar-refractivity contribution is 5.27. The monoisotopic (exact) mass is 290 g/mol. The molecule has 1 aromatic rings. The second-order valence-electron chi connectivity index (χ2n) is 5.94. The van der Waals surface area contributed by atoms with Gasteiger partial charge in [-0.25, -0.2) is 0 Å². The average Bonchev–Trinajstić information content (AvgIpc) is 2.54. The van der Waals surface area contributed by atoms with Crippen molar-refractivity contribution in [2.24, 2.45) is 0 Å². The van der Waals surface area contributed by atoms with Crippen LogP contribution < -0.4 is 10.1 Å². The van der Waals surface area contributed by atoms with Gasteiger partial charge in [0.1, 0.15) is 12.4 Å². The lowest BCUT2D eigenvalue weighted by Crippen LogP contribution is -2.39. The lowest BCUT2D eigenvalue weighted by Gasteiger charge is -2.33. The first-order valence-corrected chi connectivity index (χ1v) is 8.44. The van der Waals surface area contributed by atoms with Crippen LogP contribution in [0, 0.1) is 0 Å². The van der Waals surface area contributed by atoms with E-state index < -0.39 is 0 Å². The van der Waals surface area contributed by atoms with Crippen molar-refractivity contribution >= 4 is 0 Å². The molecular formula is C18H30N2O. The molecule has 1 aliphatic carbocycles. The molecule has 3 heteroatoms. The summed E-state index contributed by atoms with van der Waals surface area (Å²) >= 11 is 0. The van der Waals surface area contributed by atoms with Crippen molar-refractivity contribution in [2.45, 2.75) is 51.6 Å². The summed E-state index contributed by atoms with van der Waals surface area (Å²) in [6, 6.07) is 9.19. The third-order valence-electron chi connectivity index (χ3n) is 4.45. The van der Waals surface area contributed by atoms with Gasteiger partial charge in [-0.15, -0.1) is 0 Å². The summed E-state index contributed by atoms with van der Waals surface area (Å²) < 4.78 is 5.90. The predicted octanol–water partition coefficient (Wildman–Crippen LogP) is 3.44. The van der Waals surface area contributed by atoms with Crippen LogP contribution in [0.4, 0.5) is 0 Å². The zero-order chi connectivity index (χ0) is 14.9. The fraction of sp³-hybridized carbons (Fsp3) is 0.667. The van der Waals surface area contributed by atoms with E-state index in [1.807, 2.05) is 7.05 Å². The van der Waals surface area contributed by atoms with Gasteiger partial charge in [-0.2, -0.15) is 0 Å². The van der Waals surface area contributed by atoms with Crippen LogP contribution in [0.5, 0.6) is 5.75 Å². The third kappa shape index (κ3) is 5.33. The molecule has 0 unspecified atom stereocenters. The smallest absolute Gasteiger partial charge is 0.119 e. The largest absolute Gasteiger partial charge is 0.492 e. The molecule has 1 fully saturated rings. The van der Waals surface area contributed by atoms with Crippen LogP contribution in [-0.4, -0.2) is 37.7 Å². The summed E-state index contributed by atoms with van der Waals surface area (Å²) in [6.07, 6.45) is 6.95. The first-order valence-electron chi connectivity index (χ1n) is 8.44. The molecule has 0 radical (unpaired) electrons. The number of hydrogen-bond donors (Lipinski definition) is 1. The molecule has 3 nitrogen and oxygen atoms in total. The number of rotatable bonds is 8. The van der Waals surface area contributed by atoms with Gasteiger partial charge in [-0.05, 0) is 44.1 Å². The number of likely N-dealkylation sites (N-methyl/N-ethyl adjacent to an activating group) is 1. The molecule has 1 aliphatic rings. The quantitative estimate of drug-likeness (QED) is 0.794. The minimum absolute atomic E-state index is 0.783. The van der Waals surface area contributed by atoms with Gasteiger partial charge >= 0.3 is 0 Å². The van der Waals surface area contributed by atoms with Crippen molar-refractivity contribution in [3.63, 3.8) is 0 Å². The second kappa shape index (κ2) is 9.06. The molecule has 0 heterocycles. The molecule has 0 spiro atoms. The Balaban J connectivity index is 1.73. The average molecular weight is 290 g/mol. The molecule has 0 aliphatic heterocycles. The maximum absolute atomic E-state index is 5.90. The van der Waals surface area contributed by atoms with E-state index >= 15 is 0 Å². The van der Waals surface area contributed by atoms with Crippen LogP contribution in [0.3, 0.4) is 0 Å². The Morgan fingerprint density at radius 2 is 1.86 bits per heavy atom. The summed E-state index contributed by atoms with van der Waals surface area (Å²) in [5, 5.41) is 3.16. The number of benzene rings is 1. The fourth-order valence-corrected chi connectivity index (χ4v) is 3.23. The molecule has 2 rings (SSSR count). The van der Waals surface area contributed by atoms with Crippen LogP contribution in [0.15, 0.2) is 24.3 Å². The van der Waals surface area contributed by atoms with Gasteiger partial charge in [0.05, 0.1) is 0 Å². The van der Waals surface area contributed by atoms with E-state index in [1.54, 1.807) is 0 Å². The summed E-state index contributed by atoms with van der Waals surface area (Å²) in [6.45, 7) is 6.14. The summed E-state index contributed by atoms with van der Waals surface area (Å²) in [5.74, 6) is 0.981. The van der Waals surface area contributed by atoms with Gasteiger partial charge < -0.3 is 10.1 Å². The molecule has 1 saturated carbocycles. The van der Waals surface area contributed by atoms with Crippen molar-refractivity contribution in [1.82, 2.24) is 10.2 Å². The molecule has 0 atom stereocenters. The highest BCUT2D eigenvalue weighted by atomic mass is 16.5. The van der Waals surface area contributed by atoms with Crippen molar-refractivity contribution in [1.29, 1.82) is 0 Å². The van der Waals surface area contributed by atoms with Crippen LogP contribution in [0.1, 0.15) is 44.6 Å². The number of nitrogens with zero attached hydrogens (tertiary/aromatic N) is 1. The highest BCUT2D eigenvalue weighted by Gasteiger charge is 2.19. The number of ether oxygens (including phenoxy) is 1. The Bertz CT molecular complexity index is 385. The van der Waals surface area contributed by atoms with E-state index in [1.165, 1.54) is 37.7 Å². The second-order valence-corrected chi connectivity index (χ2v) is 5.94. The first kappa shape index (κ1) is 16.3. The van der Waals surface area contributed by atoms with Gasteiger partial charge in [0.25, 0.3) is 0 Å². The molecule has 0 saturated heterocycles. The minimum Gasteiger partial charge on any atom is -0.492 e. The van der Waals surface area contributed by atoms with Crippen molar-refractivity contribution in [2.75, 3.05) is 26.7 Å². The van der Waals surface area contributed by atoms with Gasteiger partial charge in [0.2, 0.25) is 0 Å². The van der Waals surface area contributed by atoms with Crippen molar-refractivity contribution < 1.29 is 4.74 Å². The zero-order valence-corrected chi connectivity index (χ0v) is 13.6. The van der Waals surface area contributed by atoms with E-state index in [4.69, 9.17) is 4.74 Å². The Morgan fingerprint density at radius 1 is 1.14 bits per heavy atom. The molecule has 0 bridgehead atoms. The molecule has 1 aromatic carbocycles. The number of nitrogens with one attached hydrogen (secondary N) is 1. The highest BCUT2D eigenvalue weighted by Crippen LogP contribution is 2.22. The summed E-state index contributed by atoms with van der Waals surface area (Å²) in [5.41, 5.74) is 1.29. The maximum Gasteiger partial charge on any atom is 0.119 e. The van der Waals surface area contributed by atoms with Crippen LogP contribution in [-0.2, 0) is 6.54 Å². The minimum atomic E-state index is 0.783. The molecule has 0 aromatic heterocycles. The normalized spacial score (nSPS) is 16.3. The summed E-state index contributed by atoms with van der Waals surface area (Å²) in [4.78, 5) is 2.59. The van der Waals surface area contributed by atoms with Gasteiger partial charge in [-0.1, -0.05) is 38.3 Å². The SMILES string of the molecule is CCN(CCOc1ccc(CNC)cc1)C1CCCCC1. The Hall–Kier alpha value is -1.06. The third-order valence-corrected chi connectivity index (χ3v) is 4.45. The van der Waals surface area contributed by atoms with Crippen LogP contribution in [0.25, 0.3) is 0 Å². The lowest BCUT2D eigenvalue weighted by atomic mass is 9.94. The van der Waals surface area contributed by atoms with E-state index in [-0.39, 0.29) is 0 Å². The predicted molar refractivity (Wildman–Crippen MR) is 88.8 cm³/mol. The first-order chi connectivity index (χ1) is 10.3. The molecule has 0 amide bonds. The standard InChI is InChI=1S/C18H30N2O/c1-3-20(17-7-5-4-6-8-17)13-14-21-18-11-9-16(10-12-18)15-19-2/h9-12,17,19H,3-8,13-15H2,1-2H3. The molecular weight excluding hydrogens is 260 g/mol. The van der Waals surface area contributed by atoms with E-state index in [0.29, 0.717) is 0 Å². The van der Waals surface area contributed by atoms with Crippen LogP contribution in [0.2, 0.25) is 0 Å². The molecule has 1 N–H and O–H groups in total. The molecule has 118 valence electrons.